The number of hydrogen-bond acceptors (Lipinski definition) is 4. The van der Waals surface area contributed by atoms with Gasteiger partial charge in [-0.15, -0.1) is 0 Å². The molecular weight excluding hydrogens is 419 g/mol. The summed E-state index contributed by atoms with van der Waals surface area (Å²) in [6, 6.07) is 10.4. The van der Waals surface area contributed by atoms with E-state index in [0.29, 0.717) is 18.1 Å². The molecule has 2 aromatic carbocycles. The molecule has 5 rings (SSSR count). The van der Waals surface area contributed by atoms with Gasteiger partial charge in [-0.3, -0.25) is 9.59 Å². The lowest BCUT2D eigenvalue weighted by molar-refractivity contribution is -0.137. The zero-order chi connectivity index (χ0) is 21.2. The number of nitrogens with zero attached hydrogens (tertiary/aromatic N) is 3. The number of hydrazine groups is 1. The van der Waals surface area contributed by atoms with Crippen molar-refractivity contribution in [2.45, 2.75) is 24.7 Å². The third-order valence-corrected chi connectivity index (χ3v) is 6.30. The van der Waals surface area contributed by atoms with Crippen molar-refractivity contribution >= 4 is 29.1 Å². The average molecular weight is 436 g/mol. The smallest absolute Gasteiger partial charge is 0.274 e. The Morgan fingerprint density at radius 1 is 0.900 bits per heavy atom. The highest BCUT2D eigenvalue weighted by Crippen LogP contribution is 2.49. The number of halogens is 4. The third-order valence-electron chi connectivity index (χ3n) is 6.05. The first-order valence-corrected chi connectivity index (χ1v) is 9.99. The molecule has 5 nitrogen and oxygen atoms in total. The molecule has 0 bridgehead atoms. The minimum Gasteiger partial charge on any atom is -0.274 e. The summed E-state index contributed by atoms with van der Waals surface area (Å²) < 4.78 is 39.5. The van der Waals surface area contributed by atoms with Crippen molar-refractivity contribution in [2.75, 3.05) is 18.0 Å². The van der Waals surface area contributed by atoms with Gasteiger partial charge in [-0.25, -0.2) is 14.9 Å². The van der Waals surface area contributed by atoms with E-state index in [1.165, 1.54) is 12.1 Å². The highest BCUT2D eigenvalue weighted by atomic mass is 35.5. The topological polar surface area (TPSA) is 43.9 Å². The Hall–Kier alpha value is -2.42. The SMILES string of the molecule is O=C1[C@@H]2[C@@H](C(=O)N1c1cccc(C(F)(F)F)c1)N1CCCN1[C@H]2c1ccc(Cl)cc1. The van der Waals surface area contributed by atoms with Crippen LogP contribution in [0.3, 0.4) is 0 Å². The van der Waals surface area contributed by atoms with Crippen molar-refractivity contribution in [2.24, 2.45) is 5.92 Å². The van der Waals surface area contributed by atoms with Crippen LogP contribution in [0.25, 0.3) is 0 Å². The standard InChI is InChI=1S/C21H17ClF3N3O2/c22-14-7-5-12(6-8-14)17-16-18(27-10-2-9-26(17)27)20(30)28(19(16)29)15-4-1-3-13(11-15)21(23,24)25/h1,3-8,11,16-18H,2,9-10H2/t16-,17-,18-/m0/s1. The van der Waals surface area contributed by atoms with Crippen molar-refractivity contribution in [3.05, 3.63) is 64.7 Å². The molecule has 156 valence electrons. The fourth-order valence-electron chi connectivity index (χ4n) is 4.85. The number of anilines is 1. The number of fused-ring (bicyclic) bond motifs is 3. The Morgan fingerprint density at radius 2 is 1.57 bits per heavy atom. The van der Waals surface area contributed by atoms with Gasteiger partial charge in [0.05, 0.1) is 23.2 Å². The van der Waals surface area contributed by atoms with E-state index in [2.05, 4.69) is 0 Å². The Kier molecular flexibility index (Phi) is 4.43. The van der Waals surface area contributed by atoms with Gasteiger partial charge in [-0.2, -0.15) is 13.2 Å². The van der Waals surface area contributed by atoms with Crippen LogP contribution < -0.4 is 4.90 Å². The van der Waals surface area contributed by atoms with Crippen molar-refractivity contribution < 1.29 is 22.8 Å². The van der Waals surface area contributed by atoms with Crippen LogP contribution in [0.5, 0.6) is 0 Å². The average Bonchev–Trinajstić information content (AvgIpc) is 3.34. The summed E-state index contributed by atoms with van der Waals surface area (Å²) in [7, 11) is 0. The Bertz CT molecular complexity index is 1030. The van der Waals surface area contributed by atoms with Gasteiger partial charge >= 0.3 is 6.18 Å². The molecule has 3 heterocycles. The molecule has 3 saturated heterocycles. The molecule has 30 heavy (non-hydrogen) atoms. The lowest BCUT2D eigenvalue weighted by atomic mass is 9.90. The number of hydrogen-bond donors (Lipinski definition) is 0. The number of alkyl halides is 3. The van der Waals surface area contributed by atoms with E-state index in [9.17, 15) is 22.8 Å². The van der Waals surface area contributed by atoms with Gasteiger partial charge in [-0.1, -0.05) is 29.8 Å². The number of rotatable bonds is 2. The lowest BCUT2D eigenvalue weighted by Gasteiger charge is -2.30. The van der Waals surface area contributed by atoms with Gasteiger partial charge in [0, 0.05) is 18.1 Å². The van der Waals surface area contributed by atoms with E-state index in [4.69, 9.17) is 11.6 Å². The predicted molar refractivity (Wildman–Crippen MR) is 103 cm³/mol. The monoisotopic (exact) mass is 435 g/mol. The summed E-state index contributed by atoms with van der Waals surface area (Å²) in [5.74, 6) is -1.64. The maximum absolute atomic E-state index is 13.4. The molecule has 2 aromatic rings. The molecule has 3 aliphatic rings. The van der Waals surface area contributed by atoms with Crippen molar-refractivity contribution in [1.29, 1.82) is 0 Å². The van der Waals surface area contributed by atoms with Crippen molar-refractivity contribution in [1.82, 2.24) is 10.0 Å². The molecule has 0 N–H and O–H groups in total. The van der Waals surface area contributed by atoms with Crippen LogP contribution in [-0.4, -0.2) is 41.0 Å². The predicted octanol–water partition coefficient (Wildman–Crippen LogP) is 3.89. The Morgan fingerprint density at radius 3 is 2.23 bits per heavy atom. The number of benzene rings is 2. The summed E-state index contributed by atoms with van der Waals surface area (Å²) >= 11 is 6.00. The van der Waals surface area contributed by atoms with E-state index in [0.717, 1.165) is 29.0 Å². The number of carbonyl (C=O) groups is 2. The normalized spacial score (nSPS) is 27.1. The molecule has 0 aliphatic carbocycles. The highest BCUT2D eigenvalue weighted by Gasteiger charge is 2.62. The highest BCUT2D eigenvalue weighted by molar-refractivity contribution is 6.30. The second-order valence-corrected chi connectivity index (χ2v) is 8.14. The minimum atomic E-state index is -4.56. The van der Waals surface area contributed by atoms with Crippen LogP contribution in [0.1, 0.15) is 23.6 Å². The minimum absolute atomic E-state index is 0.0465. The third kappa shape index (κ3) is 2.85. The Labute approximate surface area is 175 Å². The second kappa shape index (κ2) is 6.80. The fourth-order valence-corrected chi connectivity index (χ4v) is 4.98. The first-order valence-electron chi connectivity index (χ1n) is 9.61. The molecule has 3 atom stereocenters. The van der Waals surface area contributed by atoms with Gasteiger partial charge in [0.2, 0.25) is 5.91 Å². The number of imide groups is 1. The van der Waals surface area contributed by atoms with Crippen LogP contribution in [0.4, 0.5) is 18.9 Å². The van der Waals surface area contributed by atoms with Gasteiger partial charge < -0.3 is 0 Å². The second-order valence-electron chi connectivity index (χ2n) is 7.71. The molecule has 9 heteroatoms. The van der Waals surface area contributed by atoms with E-state index < -0.39 is 35.5 Å². The zero-order valence-electron chi connectivity index (χ0n) is 15.6. The summed E-state index contributed by atoms with van der Waals surface area (Å²) in [6.45, 7) is 1.34. The molecule has 0 radical (unpaired) electrons. The number of carbonyl (C=O) groups excluding carboxylic acids is 2. The van der Waals surface area contributed by atoms with Gasteiger partial charge in [0.1, 0.15) is 6.04 Å². The molecule has 0 saturated carbocycles. The Balaban J connectivity index is 1.56. The molecule has 2 amide bonds. The van der Waals surface area contributed by atoms with Crippen LogP contribution in [-0.2, 0) is 15.8 Å². The molecule has 3 fully saturated rings. The molecule has 0 aromatic heterocycles. The number of amides is 2. The lowest BCUT2D eigenvalue weighted by Crippen LogP contribution is -2.44. The molecular formula is C21H17ClF3N3O2. The largest absolute Gasteiger partial charge is 0.416 e. The van der Waals surface area contributed by atoms with Crippen molar-refractivity contribution in [3.63, 3.8) is 0 Å². The first kappa shape index (κ1) is 19.5. The summed E-state index contributed by atoms with van der Waals surface area (Å²) in [4.78, 5) is 27.6. The summed E-state index contributed by atoms with van der Waals surface area (Å²) in [5, 5.41) is 4.50. The summed E-state index contributed by atoms with van der Waals surface area (Å²) in [5.41, 5.74) is -0.0876. The van der Waals surface area contributed by atoms with Crippen molar-refractivity contribution in [3.8, 4) is 0 Å². The molecule has 3 aliphatic heterocycles. The fraction of sp³-hybridized carbons (Fsp3) is 0.333. The van der Waals surface area contributed by atoms with Gasteiger partial charge in [-0.05, 0) is 42.3 Å². The maximum atomic E-state index is 13.4. The van der Waals surface area contributed by atoms with E-state index in [1.54, 1.807) is 12.1 Å². The van der Waals surface area contributed by atoms with Gasteiger partial charge in [0.25, 0.3) is 5.91 Å². The van der Waals surface area contributed by atoms with Crippen LogP contribution >= 0.6 is 11.6 Å². The summed E-state index contributed by atoms with van der Waals surface area (Å²) in [6.07, 6.45) is -3.71. The quantitative estimate of drug-likeness (QED) is 0.671. The maximum Gasteiger partial charge on any atom is 0.416 e. The molecule has 0 unspecified atom stereocenters. The van der Waals surface area contributed by atoms with Crippen LogP contribution in [0.15, 0.2) is 48.5 Å². The molecule has 0 spiro atoms. The first-order chi connectivity index (χ1) is 14.3. The van der Waals surface area contributed by atoms with E-state index >= 15 is 0 Å². The zero-order valence-corrected chi connectivity index (χ0v) is 16.4. The van der Waals surface area contributed by atoms with Gasteiger partial charge in [0.15, 0.2) is 0 Å². The van der Waals surface area contributed by atoms with Crippen LogP contribution in [0.2, 0.25) is 5.02 Å². The van der Waals surface area contributed by atoms with E-state index in [1.807, 2.05) is 22.2 Å². The van der Waals surface area contributed by atoms with E-state index in [-0.39, 0.29) is 11.7 Å². The van der Waals surface area contributed by atoms with Crippen LogP contribution in [0, 0.1) is 5.92 Å².